The molecule has 0 radical (unpaired) electrons. The number of carbonyl (C=O) groups is 4. The summed E-state index contributed by atoms with van der Waals surface area (Å²) in [6.45, 7) is 5.16. The molecule has 12 nitrogen and oxygen atoms in total. The van der Waals surface area contributed by atoms with Crippen molar-refractivity contribution in [1.82, 2.24) is 14.6 Å². The number of ether oxygens (including phenoxy) is 3. The lowest BCUT2D eigenvalue weighted by Crippen LogP contribution is -2.49. The number of rotatable bonds is 11. The molecule has 0 unspecified atom stereocenters. The third-order valence-corrected chi connectivity index (χ3v) is 15.0. The molecule has 324 valence electrons. The van der Waals surface area contributed by atoms with Gasteiger partial charge in [0.25, 0.3) is 5.92 Å². The van der Waals surface area contributed by atoms with Gasteiger partial charge in [-0.25, -0.2) is 31.0 Å². The molecular weight excluding hydrogens is 799 g/mol. The molecule has 59 heavy (non-hydrogen) atoms. The molecule has 1 aromatic carbocycles. The molecule has 0 bridgehead atoms. The van der Waals surface area contributed by atoms with Crippen molar-refractivity contribution in [3.8, 4) is 11.6 Å². The quantitative estimate of drug-likeness (QED) is 0.148. The van der Waals surface area contributed by atoms with Crippen molar-refractivity contribution in [2.45, 2.75) is 121 Å². The summed E-state index contributed by atoms with van der Waals surface area (Å²) < 4.78 is 101. The van der Waals surface area contributed by atoms with E-state index in [9.17, 15) is 45.2 Å². The van der Waals surface area contributed by atoms with E-state index in [-0.39, 0.29) is 55.2 Å². The number of alkyl halides is 3. The summed E-state index contributed by atoms with van der Waals surface area (Å²) in [5, 5.41) is 0.744. The molecule has 2 aliphatic carbocycles. The Morgan fingerprint density at radius 2 is 1.80 bits per heavy atom. The normalized spacial score (nSPS) is 29.4. The summed E-state index contributed by atoms with van der Waals surface area (Å²) in [4.78, 5) is 62.5. The number of ketones is 1. The van der Waals surface area contributed by atoms with E-state index < -0.39 is 111 Å². The van der Waals surface area contributed by atoms with Crippen LogP contribution in [0.2, 0.25) is 0 Å². The second-order valence-corrected chi connectivity index (χ2v) is 19.7. The van der Waals surface area contributed by atoms with Gasteiger partial charge >= 0.3 is 5.97 Å². The Labute approximate surface area is 341 Å². The summed E-state index contributed by atoms with van der Waals surface area (Å²) in [6, 6.07) is 2.77. The molecule has 2 amide bonds. The number of halogens is 4. The predicted molar refractivity (Wildman–Crippen MR) is 208 cm³/mol. The van der Waals surface area contributed by atoms with Crippen molar-refractivity contribution in [2.24, 2.45) is 29.1 Å². The van der Waals surface area contributed by atoms with Gasteiger partial charge in [0.2, 0.25) is 27.7 Å². The fourth-order valence-electron chi connectivity index (χ4n) is 8.45. The number of sulfonamides is 1. The van der Waals surface area contributed by atoms with Gasteiger partial charge in [-0.3, -0.25) is 23.9 Å². The highest BCUT2D eigenvalue weighted by atomic mass is 32.2. The lowest BCUT2D eigenvalue weighted by Gasteiger charge is -2.34. The van der Waals surface area contributed by atoms with Crippen LogP contribution < -0.4 is 14.2 Å². The standard InChI is InChI=1S/C42H53F4N3O9S/c1-24-9-7-8-10-26-20-42(26,38(53)48-59(54,55)41(23-43)12-13-41)21-33(50)32-18-28(57-36-31-16-27(44)17-34(56-6)29(31)11-14-47-36)22-49(32)37(52)30(25(2)15-24)19-35(51)58-39(3,4)40(5,45)46/h8,10-11,14,16-17,24-26,28,30,32H,7,9,12-13,15,18-23H2,1-6H3,(H,48,53)/b10-8-/t24-,25-,26-,28-,30+,32+,42-/m1/s1. The summed E-state index contributed by atoms with van der Waals surface area (Å²) in [6.07, 6.45) is 4.92. The highest BCUT2D eigenvalue weighted by Gasteiger charge is 2.63. The van der Waals surface area contributed by atoms with E-state index in [4.69, 9.17) is 14.2 Å². The number of methoxy groups -OCH3 is 1. The van der Waals surface area contributed by atoms with E-state index in [0.717, 1.165) is 13.8 Å². The molecule has 2 saturated carbocycles. The topological polar surface area (TPSA) is 158 Å². The highest BCUT2D eigenvalue weighted by molar-refractivity contribution is 7.91. The molecule has 7 atom stereocenters. The van der Waals surface area contributed by atoms with Crippen LogP contribution in [0.1, 0.15) is 92.4 Å². The van der Waals surface area contributed by atoms with Crippen LogP contribution in [0.3, 0.4) is 0 Å². The van der Waals surface area contributed by atoms with Crippen molar-refractivity contribution in [3.05, 3.63) is 42.4 Å². The van der Waals surface area contributed by atoms with Crippen molar-refractivity contribution < 1.29 is 59.4 Å². The van der Waals surface area contributed by atoms with Gasteiger partial charge in [0.1, 0.15) is 29.1 Å². The number of hydrogen-bond acceptors (Lipinski definition) is 10. The Bertz CT molecular complexity index is 2120. The van der Waals surface area contributed by atoms with Crippen LogP contribution in [-0.2, 0) is 33.9 Å². The van der Waals surface area contributed by atoms with Gasteiger partial charge in [-0.2, -0.15) is 0 Å². The van der Waals surface area contributed by atoms with Crippen molar-refractivity contribution in [1.29, 1.82) is 0 Å². The molecule has 2 aromatic rings. The number of hydrogen-bond donors (Lipinski definition) is 1. The molecule has 1 N–H and O–H groups in total. The largest absolute Gasteiger partial charge is 0.496 e. The SMILES string of the molecule is COc1cc(F)cc2c(O[C@@H]3C[C@H]4C(=O)C[C@]5(C(=O)NS(=O)(=O)C6(CF)CC6)C[C@H]5/C=C\CC[C@@H](C)C[C@@H](C)[C@H](CC(=O)OC(C)(C)C(C)(F)F)C(=O)N4C3)nccc12. The van der Waals surface area contributed by atoms with E-state index >= 15 is 0 Å². The minimum atomic E-state index is -4.42. The molecule has 1 saturated heterocycles. The summed E-state index contributed by atoms with van der Waals surface area (Å²) in [7, 11) is -3.04. The molecule has 6 rings (SSSR count). The van der Waals surface area contributed by atoms with Gasteiger partial charge in [-0.05, 0) is 82.3 Å². The zero-order valence-corrected chi connectivity index (χ0v) is 35.0. The van der Waals surface area contributed by atoms with E-state index in [0.29, 0.717) is 31.6 Å². The summed E-state index contributed by atoms with van der Waals surface area (Å²) >= 11 is 0. The zero-order chi connectivity index (χ0) is 43.3. The molecule has 2 aliphatic heterocycles. The number of esters is 1. The maximum absolute atomic E-state index is 14.9. The molecule has 3 fully saturated rings. The first-order valence-electron chi connectivity index (χ1n) is 20.1. The number of nitrogens with one attached hydrogen (secondary N) is 1. The fraction of sp³-hybridized carbons (Fsp3) is 0.643. The minimum absolute atomic E-state index is 0.00620. The average Bonchev–Trinajstić information content (AvgIpc) is 4.06. The number of amides is 2. The first-order chi connectivity index (χ1) is 27.6. The molecule has 3 heterocycles. The fourth-order valence-corrected chi connectivity index (χ4v) is 9.89. The van der Waals surface area contributed by atoms with Gasteiger partial charge < -0.3 is 19.1 Å². The molecule has 0 spiro atoms. The number of allylic oxidation sites excluding steroid dienone is 2. The molecule has 17 heteroatoms. The molecule has 1 aromatic heterocycles. The van der Waals surface area contributed by atoms with Gasteiger partial charge in [0, 0.05) is 37.4 Å². The van der Waals surface area contributed by atoms with Crippen molar-refractivity contribution >= 4 is 44.4 Å². The monoisotopic (exact) mass is 851 g/mol. The van der Waals surface area contributed by atoms with E-state index in [1.807, 2.05) is 13.0 Å². The number of Topliss-reactive ketones (excluding diaryl/α,β-unsaturated/α-hetero) is 1. The van der Waals surface area contributed by atoms with Gasteiger partial charge in [-0.1, -0.05) is 26.0 Å². The third kappa shape index (κ3) is 8.95. The smallest absolute Gasteiger partial charge is 0.307 e. The van der Waals surface area contributed by atoms with Gasteiger partial charge in [0.05, 0.1) is 42.8 Å². The Morgan fingerprint density at radius 3 is 2.44 bits per heavy atom. The Morgan fingerprint density at radius 1 is 1.08 bits per heavy atom. The summed E-state index contributed by atoms with van der Waals surface area (Å²) in [5.74, 6) is -9.12. The second-order valence-electron chi connectivity index (χ2n) is 17.7. The average molecular weight is 852 g/mol. The second kappa shape index (κ2) is 16.3. The van der Waals surface area contributed by atoms with Crippen molar-refractivity contribution in [2.75, 3.05) is 20.3 Å². The highest BCUT2D eigenvalue weighted by Crippen LogP contribution is 2.58. The van der Waals surface area contributed by atoms with Crippen LogP contribution in [0.5, 0.6) is 11.6 Å². The maximum Gasteiger partial charge on any atom is 0.307 e. The predicted octanol–water partition coefficient (Wildman–Crippen LogP) is 6.64. The van der Waals surface area contributed by atoms with Crippen LogP contribution in [0.15, 0.2) is 36.5 Å². The number of fused-ring (bicyclic) bond motifs is 3. The van der Waals surface area contributed by atoms with Crippen molar-refractivity contribution in [3.63, 3.8) is 0 Å². The first-order valence-corrected chi connectivity index (χ1v) is 21.6. The number of pyridine rings is 1. The molecular formula is C42H53F4N3O9S. The molecule has 4 aliphatic rings. The Kier molecular flexibility index (Phi) is 12.2. The summed E-state index contributed by atoms with van der Waals surface area (Å²) in [5.41, 5.74) is -3.70. The van der Waals surface area contributed by atoms with Crippen LogP contribution in [0, 0.1) is 34.9 Å². The Hall–Kier alpha value is -4.28. The van der Waals surface area contributed by atoms with Gasteiger partial charge in [0.15, 0.2) is 11.4 Å². The van der Waals surface area contributed by atoms with Crippen LogP contribution in [0.25, 0.3) is 10.8 Å². The number of nitrogens with zero attached hydrogens (tertiary/aromatic N) is 2. The first kappa shape index (κ1) is 44.3. The number of aromatic nitrogens is 1. The lowest BCUT2D eigenvalue weighted by molar-refractivity contribution is -0.197. The zero-order valence-electron chi connectivity index (χ0n) is 34.2. The lowest BCUT2D eigenvalue weighted by atomic mass is 9.82. The minimum Gasteiger partial charge on any atom is -0.496 e. The number of benzene rings is 1. The maximum atomic E-state index is 14.9. The van der Waals surface area contributed by atoms with E-state index in [1.54, 1.807) is 19.1 Å². The van der Waals surface area contributed by atoms with Gasteiger partial charge in [-0.15, -0.1) is 0 Å². The van der Waals surface area contributed by atoms with Crippen LogP contribution in [-0.4, -0.2) is 90.6 Å². The third-order valence-electron chi connectivity index (χ3n) is 12.9. The number of carbonyl (C=O) groups excluding carboxylic acids is 4. The van der Waals surface area contributed by atoms with E-state index in [2.05, 4.69) is 9.71 Å². The van der Waals surface area contributed by atoms with Crippen LogP contribution in [0.4, 0.5) is 17.6 Å². The van der Waals surface area contributed by atoms with E-state index in [1.165, 1.54) is 30.3 Å². The van der Waals surface area contributed by atoms with Crippen LogP contribution >= 0.6 is 0 Å². The Balaban J connectivity index is 1.37.